The summed E-state index contributed by atoms with van der Waals surface area (Å²) in [6.45, 7) is 0. The van der Waals surface area contributed by atoms with Gasteiger partial charge in [0, 0.05) is 66.0 Å². The fraction of sp³-hybridized carbons (Fsp3) is 0.292. The van der Waals surface area contributed by atoms with Crippen LogP contribution in [-0.4, -0.2) is 35.5 Å². The van der Waals surface area contributed by atoms with Gasteiger partial charge in [0.1, 0.15) is 0 Å². The van der Waals surface area contributed by atoms with Gasteiger partial charge in [-0.1, -0.05) is 24.6 Å². The van der Waals surface area contributed by atoms with Crippen LogP contribution in [0.15, 0.2) is 61.4 Å². The number of aryl methyl sites for hydroxylation is 1. The molecule has 3 heterocycles. The summed E-state index contributed by atoms with van der Waals surface area (Å²) >= 11 is 0. The molecule has 0 amide bonds. The van der Waals surface area contributed by atoms with E-state index in [-0.39, 0.29) is 24.9 Å². The molecule has 1 fully saturated rings. The maximum Gasteiger partial charge on any atom is 1.00 e. The molecular formula is C24H23LiN6O2. The predicted octanol–water partition coefficient (Wildman–Crippen LogP) is -0.107. The first kappa shape index (κ1) is 23.0. The van der Waals surface area contributed by atoms with Gasteiger partial charge in [-0.05, 0) is 30.9 Å². The molecule has 2 atom stereocenters. The molecule has 9 heteroatoms. The summed E-state index contributed by atoms with van der Waals surface area (Å²) in [4.78, 5) is 20.4. The van der Waals surface area contributed by atoms with E-state index in [0.717, 1.165) is 40.7 Å². The molecule has 0 radical (unpaired) electrons. The van der Waals surface area contributed by atoms with Crippen LogP contribution in [-0.2, 0) is 11.8 Å². The van der Waals surface area contributed by atoms with Crippen molar-refractivity contribution in [3.8, 4) is 33.6 Å². The fourth-order valence-corrected chi connectivity index (χ4v) is 4.34. The monoisotopic (exact) mass is 434 g/mol. The molecule has 0 aliphatic heterocycles. The zero-order valence-electron chi connectivity index (χ0n) is 18.8. The average molecular weight is 434 g/mol. The van der Waals surface area contributed by atoms with Gasteiger partial charge in [-0.25, -0.2) is 9.97 Å². The molecule has 1 saturated carbocycles. The predicted molar refractivity (Wildman–Crippen MR) is 117 cm³/mol. The standard InChI is InChI=1S/C24H24N6O2.Li/c1-29-14-20(12-27-29)16-4-2-5-17(8-16)23-25-10-19(11-26-23)21-13-28-30(15-21)22-7-3-6-18(9-22)24(31)32;/h2,4-5,8,10-15,18,22H,3,6-7,9H2,1H3,(H,31,32);/q;+1/p-1. The van der Waals surface area contributed by atoms with Gasteiger partial charge in [0.15, 0.2) is 5.82 Å². The van der Waals surface area contributed by atoms with Gasteiger partial charge in [-0.2, -0.15) is 10.2 Å². The number of rotatable bonds is 5. The SMILES string of the molecule is Cn1cc(-c2cccc(-c3ncc(-c4cnn(C5CCCC(C(=O)[O-])C5)c4)cn3)c2)cn1.[Li+]. The normalized spacial score (nSPS) is 18.0. The molecule has 0 spiro atoms. The van der Waals surface area contributed by atoms with Crippen LogP contribution in [0.4, 0.5) is 0 Å². The smallest absolute Gasteiger partial charge is 0.550 e. The Morgan fingerprint density at radius 3 is 2.39 bits per heavy atom. The third-order valence-corrected chi connectivity index (χ3v) is 6.10. The van der Waals surface area contributed by atoms with E-state index in [4.69, 9.17) is 0 Å². The van der Waals surface area contributed by atoms with Crippen molar-refractivity contribution in [3.63, 3.8) is 0 Å². The molecule has 1 aliphatic carbocycles. The number of carboxylic acid groups (broad SMARTS) is 1. The Labute approximate surface area is 203 Å². The van der Waals surface area contributed by atoms with Gasteiger partial charge in [0.25, 0.3) is 0 Å². The van der Waals surface area contributed by atoms with Crippen molar-refractivity contribution in [1.29, 1.82) is 0 Å². The van der Waals surface area contributed by atoms with E-state index in [0.29, 0.717) is 18.7 Å². The Kier molecular flexibility index (Phi) is 6.77. The topological polar surface area (TPSA) is 102 Å². The van der Waals surface area contributed by atoms with Crippen LogP contribution in [0.25, 0.3) is 33.6 Å². The fourth-order valence-electron chi connectivity index (χ4n) is 4.34. The van der Waals surface area contributed by atoms with Crippen LogP contribution < -0.4 is 24.0 Å². The number of hydrogen-bond acceptors (Lipinski definition) is 6. The molecule has 8 nitrogen and oxygen atoms in total. The average Bonchev–Trinajstić information content (AvgIpc) is 3.49. The Balaban J connectivity index is 0.00000259. The Morgan fingerprint density at radius 2 is 1.67 bits per heavy atom. The zero-order chi connectivity index (χ0) is 22.1. The minimum absolute atomic E-state index is 0. The summed E-state index contributed by atoms with van der Waals surface area (Å²) in [5.41, 5.74) is 4.82. The second-order valence-corrected chi connectivity index (χ2v) is 8.32. The van der Waals surface area contributed by atoms with E-state index < -0.39 is 11.9 Å². The molecule has 1 aromatic carbocycles. The maximum absolute atomic E-state index is 11.2. The summed E-state index contributed by atoms with van der Waals surface area (Å²) in [7, 11) is 1.90. The quantitative estimate of drug-likeness (QED) is 0.407. The molecule has 2 unspecified atom stereocenters. The molecule has 5 rings (SSSR count). The minimum atomic E-state index is -0.960. The van der Waals surface area contributed by atoms with Crippen LogP contribution in [0, 0.1) is 5.92 Å². The maximum atomic E-state index is 11.2. The third kappa shape index (κ3) is 4.92. The second-order valence-electron chi connectivity index (χ2n) is 8.32. The summed E-state index contributed by atoms with van der Waals surface area (Å²) < 4.78 is 3.65. The van der Waals surface area contributed by atoms with Gasteiger partial charge in [-0.15, -0.1) is 0 Å². The molecule has 3 aromatic heterocycles. The van der Waals surface area contributed by atoms with Crippen molar-refractivity contribution in [3.05, 3.63) is 61.4 Å². The number of carbonyl (C=O) groups excluding carboxylic acids is 1. The van der Waals surface area contributed by atoms with Crippen molar-refractivity contribution >= 4 is 5.97 Å². The molecule has 33 heavy (non-hydrogen) atoms. The van der Waals surface area contributed by atoms with Crippen LogP contribution in [0.5, 0.6) is 0 Å². The van der Waals surface area contributed by atoms with E-state index in [1.807, 2.05) is 48.5 Å². The van der Waals surface area contributed by atoms with E-state index in [9.17, 15) is 9.90 Å². The number of benzene rings is 1. The number of carbonyl (C=O) groups is 1. The number of hydrogen-bond donors (Lipinski definition) is 0. The largest absolute Gasteiger partial charge is 1.00 e. The van der Waals surface area contributed by atoms with Crippen LogP contribution in [0.3, 0.4) is 0 Å². The van der Waals surface area contributed by atoms with Gasteiger partial charge >= 0.3 is 18.9 Å². The van der Waals surface area contributed by atoms with Gasteiger partial charge in [0.2, 0.25) is 0 Å². The van der Waals surface area contributed by atoms with E-state index >= 15 is 0 Å². The molecule has 0 N–H and O–H groups in total. The van der Waals surface area contributed by atoms with Crippen molar-refractivity contribution in [1.82, 2.24) is 29.5 Å². The van der Waals surface area contributed by atoms with E-state index in [1.54, 1.807) is 23.3 Å². The number of nitrogens with zero attached hydrogens (tertiary/aromatic N) is 6. The summed E-state index contributed by atoms with van der Waals surface area (Å²) in [5, 5.41) is 20.0. The van der Waals surface area contributed by atoms with Gasteiger partial charge < -0.3 is 9.90 Å². The first-order valence-corrected chi connectivity index (χ1v) is 10.7. The molecule has 162 valence electrons. The first-order chi connectivity index (χ1) is 15.6. The second kappa shape index (κ2) is 9.73. The van der Waals surface area contributed by atoms with Crippen molar-refractivity contribution in [2.45, 2.75) is 31.7 Å². The third-order valence-electron chi connectivity index (χ3n) is 6.10. The number of aliphatic carboxylic acids is 1. The Bertz CT molecular complexity index is 1250. The van der Waals surface area contributed by atoms with Crippen LogP contribution in [0.1, 0.15) is 31.7 Å². The van der Waals surface area contributed by atoms with E-state index in [2.05, 4.69) is 26.2 Å². The van der Waals surface area contributed by atoms with Gasteiger partial charge in [0.05, 0.1) is 18.4 Å². The van der Waals surface area contributed by atoms with E-state index in [1.165, 1.54) is 0 Å². The van der Waals surface area contributed by atoms with Crippen molar-refractivity contribution in [2.75, 3.05) is 0 Å². The molecule has 0 saturated heterocycles. The molecule has 4 aromatic rings. The number of aromatic nitrogens is 6. The Hall–Kier alpha value is -3.21. The number of carboxylic acids is 1. The van der Waals surface area contributed by atoms with Crippen molar-refractivity contribution < 1.29 is 28.8 Å². The zero-order valence-corrected chi connectivity index (χ0v) is 18.8. The first-order valence-electron chi connectivity index (χ1n) is 10.7. The summed E-state index contributed by atoms with van der Waals surface area (Å²) in [5.74, 6) is -0.707. The van der Waals surface area contributed by atoms with Crippen LogP contribution >= 0.6 is 0 Å². The minimum Gasteiger partial charge on any atom is -0.550 e. The Morgan fingerprint density at radius 1 is 0.939 bits per heavy atom. The summed E-state index contributed by atoms with van der Waals surface area (Å²) in [6, 6.07) is 8.16. The van der Waals surface area contributed by atoms with Crippen LogP contribution in [0.2, 0.25) is 0 Å². The molecular weight excluding hydrogens is 411 g/mol. The van der Waals surface area contributed by atoms with Crippen molar-refractivity contribution in [2.24, 2.45) is 13.0 Å². The summed E-state index contributed by atoms with van der Waals surface area (Å²) in [6.07, 6.45) is 14.2. The van der Waals surface area contributed by atoms with Gasteiger partial charge in [-0.3, -0.25) is 9.36 Å². The molecule has 0 bridgehead atoms. The molecule has 1 aliphatic rings.